The molecule has 3 aromatic rings. The van der Waals surface area contributed by atoms with Gasteiger partial charge in [-0.25, -0.2) is 4.79 Å². The van der Waals surface area contributed by atoms with Crippen molar-refractivity contribution in [2.45, 2.75) is 33.1 Å². The van der Waals surface area contributed by atoms with Crippen LogP contribution in [0.4, 0.5) is 5.69 Å². The molecule has 136 valence electrons. The highest BCUT2D eigenvalue weighted by Gasteiger charge is 2.20. The van der Waals surface area contributed by atoms with Gasteiger partial charge in [-0.3, -0.25) is 10.1 Å². The lowest BCUT2D eigenvalue weighted by atomic mass is 10.1. The van der Waals surface area contributed by atoms with Gasteiger partial charge in [0.25, 0.3) is 5.69 Å². The fraction of sp³-hybridized carbons (Fsp3) is 0.333. The Hall–Kier alpha value is -3.16. The minimum atomic E-state index is -0.473. The third kappa shape index (κ3) is 3.30. The molecule has 0 N–H and O–H groups in total. The highest BCUT2D eigenvalue weighted by atomic mass is 16.6. The van der Waals surface area contributed by atoms with Gasteiger partial charge < -0.3 is 9.15 Å². The smallest absolute Gasteiger partial charge is 0.337 e. The first-order valence-electron chi connectivity index (χ1n) is 8.48. The number of hydrogen-bond acceptors (Lipinski definition) is 6. The number of nitro groups is 1. The molecule has 2 heterocycles. The van der Waals surface area contributed by atoms with Gasteiger partial charge >= 0.3 is 5.63 Å². The van der Waals surface area contributed by atoms with E-state index >= 15 is 0 Å². The quantitative estimate of drug-likeness (QED) is 0.473. The van der Waals surface area contributed by atoms with Crippen LogP contribution in [-0.4, -0.2) is 21.3 Å². The van der Waals surface area contributed by atoms with Crippen molar-refractivity contribution in [2.24, 2.45) is 0 Å². The van der Waals surface area contributed by atoms with Crippen LogP contribution in [0.1, 0.15) is 32.3 Å². The molecule has 1 aromatic carbocycles. The SMILES string of the molecule is CCCCc1cc(=O)oc2c1c(OCC)nn2-c1ccc([N+](=O)[O-])cc1. The lowest BCUT2D eigenvalue weighted by Crippen LogP contribution is -2.03. The van der Waals surface area contributed by atoms with E-state index in [4.69, 9.17) is 9.15 Å². The number of ether oxygens (including phenoxy) is 1. The summed E-state index contributed by atoms with van der Waals surface area (Å²) >= 11 is 0. The number of benzene rings is 1. The van der Waals surface area contributed by atoms with E-state index in [1.807, 2.05) is 6.92 Å². The minimum Gasteiger partial charge on any atom is -0.476 e. The standard InChI is InChI=1S/C18H19N3O5/c1-3-5-6-12-11-15(22)26-18-16(12)17(25-4-2)19-20(18)13-7-9-14(10-8-13)21(23)24/h7-11H,3-6H2,1-2H3. The van der Waals surface area contributed by atoms with Crippen LogP contribution in [0.2, 0.25) is 0 Å². The van der Waals surface area contributed by atoms with E-state index in [9.17, 15) is 14.9 Å². The van der Waals surface area contributed by atoms with Crippen molar-refractivity contribution in [3.05, 3.63) is 56.4 Å². The number of aromatic nitrogens is 2. The fourth-order valence-corrected chi connectivity index (χ4v) is 2.78. The molecule has 8 nitrogen and oxygen atoms in total. The van der Waals surface area contributed by atoms with E-state index in [1.54, 1.807) is 12.1 Å². The first kappa shape index (κ1) is 17.7. The van der Waals surface area contributed by atoms with Crippen molar-refractivity contribution >= 4 is 16.8 Å². The maximum Gasteiger partial charge on any atom is 0.337 e. The molecule has 0 bridgehead atoms. The zero-order valence-electron chi connectivity index (χ0n) is 14.6. The number of aryl methyl sites for hydroxylation is 1. The van der Waals surface area contributed by atoms with Crippen LogP contribution < -0.4 is 10.4 Å². The summed E-state index contributed by atoms with van der Waals surface area (Å²) in [5.41, 5.74) is 1.16. The molecule has 0 saturated heterocycles. The number of nitro benzene ring substituents is 1. The average molecular weight is 357 g/mol. The summed E-state index contributed by atoms with van der Waals surface area (Å²) in [5, 5.41) is 15.9. The Morgan fingerprint density at radius 3 is 2.62 bits per heavy atom. The number of non-ortho nitro benzene ring substituents is 1. The Morgan fingerprint density at radius 2 is 2.00 bits per heavy atom. The van der Waals surface area contributed by atoms with Gasteiger partial charge in [-0.15, -0.1) is 5.10 Å². The van der Waals surface area contributed by atoms with Crippen molar-refractivity contribution in [2.75, 3.05) is 6.61 Å². The molecule has 0 aliphatic rings. The van der Waals surface area contributed by atoms with E-state index in [2.05, 4.69) is 12.0 Å². The third-order valence-corrected chi connectivity index (χ3v) is 4.01. The number of fused-ring (bicyclic) bond motifs is 1. The molecular weight excluding hydrogens is 338 g/mol. The van der Waals surface area contributed by atoms with Crippen molar-refractivity contribution in [1.82, 2.24) is 9.78 Å². The second-order valence-corrected chi connectivity index (χ2v) is 5.80. The van der Waals surface area contributed by atoms with E-state index in [0.29, 0.717) is 30.0 Å². The van der Waals surface area contributed by atoms with Gasteiger partial charge in [0.1, 0.15) is 5.39 Å². The second kappa shape index (κ2) is 7.38. The molecule has 0 saturated carbocycles. The monoisotopic (exact) mass is 357 g/mol. The van der Waals surface area contributed by atoms with Crippen molar-refractivity contribution in [3.63, 3.8) is 0 Å². The zero-order chi connectivity index (χ0) is 18.7. The lowest BCUT2D eigenvalue weighted by Gasteiger charge is -2.04. The molecule has 0 fully saturated rings. The summed E-state index contributed by atoms with van der Waals surface area (Å²) in [6, 6.07) is 7.34. The molecular formula is C18H19N3O5. The third-order valence-electron chi connectivity index (χ3n) is 4.01. The normalized spacial score (nSPS) is 11.0. The highest BCUT2D eigenvalue weighted by molar-refractivity contribution is 5.84. The van der Waals surface area contributed by atoms with E-state index in [1.165, 1.54) is 22.9 Å². The second-order valence-electron chi connectivity index (χ2n) is 5.80. The predicted octanol–water partition coefficient (Wildman–Crippen LogP) is 3.63. The molecule has 2 aromatic heterocycles. The van der Waals surface area contributed by atoms with Crippen LogP contribution in [0.25, 0.3) is 16.8 Å². The molecule has 0 spiro atoms. The Balaban J connectivity index is 2.20. The van der Waals surface area contributed by atoms with Gasteiger partial charge in [0.2, 0.25) is 11.6 Å². The Bertz CT molecular complexity index is 988. The number of nitrogens with zero attached hydrogens (tertiary/aromatic N) is 3. The van der Waals surface area contributed by atoms with Crippen LogP contribution in [0.5, 0.6) is 5.88 Å². The number of unbranched alkanes of at least 4 members (excludes halogenated alkanes) is 1. The molecule has 0 aliphatic carbocycles. The predicted molar refractivity (Wildman–Crippen MR) is 96.0 cm³/mol. The molecule has 0 radical (unpaired) electrons. The largest absolute Gasteiger partial charge is 0.476 e. The molecule has 26 heavy (non-hydrogen) atoms. The van der Waals surface area contributed by atoms with E-state index < -0.39 is 10.5 Å². The van der Waals surface area contributed by atoms with E-state index in [-0.39, 0.29) is 11.4 Å². The Labute approximate surface area is 149 Å². The van der Waals surface area contributed by atoms with Crippen LogP contribution in [0, 0.1) is 10.1 Å². The highest BCUT2D eigenvalue weighted by Crippen LogP contribution is 2.31. The summed E-state index contributed by atoms with van der Waals surface area (Å²) in [6.07, 6.45) is 2.62. The maximum atomic E-state index is 12.0. The van der Waals surface area contributed by atoms with Gasteiger partial charge in [-0.05, 0) is 37.5 Å². The van der Waals surface area contributed by atoms with Gasteiger partial charge in [-0.2, -0.15) is 4.68 Å². The average Bonchev–Trinajstić information content (AvgIpc) is 2.98. The van der Waals surface area contributed by atoms with Crippen molar-refractivity contribution in [3.8, 4) is 11.6 Å². The van der Waals surface area contributed by atoms with Crippen LogP contribution in [-0.2, 0) is 6.42 Å². The first-order valence-corrected chi connectivity index (χ1v) is 8.48. The van der Waals surface area contributed by atoms with Gasteiger partial charge in [-0.1, -0.05) is 13.3 Å². The van der Waals surface area contributed by atoms with Crippen LogP contribution in [0.3, 0.4) is 0 Å². The first-order chi connectivity index (χ1) is 12.5. The molecule has 0 atom stereocenters. The fourth-order valence-electron chi connectivity index (χ4n) is 2.78. The maximum absolute atomic E-state index is 12.0. The van der Waals surface area contributed by atoms with Gasteiger partial charge in [0, 0.05) is 18.2 Å². The Kier molecular flexibility index (Phi) is 5.01. The molecule has 8 heteroatoms. The van der Waals surface area contributed by atoms with Crippen molar-refractivity contribution < 1.29 is 14.1 Å². The van der Waals surface area contributed by atoms with Gasteiger partial charge in [0.15, 0.2) is 0 Å². The summed E-state index contributed by atoms with van der Waals surface area (Å²) in [5.74, 6) is 0.385. The zero-order valence-corrected chi connectivity index (χ0v) is 14.6. The van der Waals surface area contributed by atoms with Crippen LogP contribution in [0.15, 0.2) is 39.5 Å². The Morgan fingerprint density at radius 1 is 1.27 bits per heavy atom. The van der Waals surface area contributed by atoms with Crippen LogP contribution >= 0.6 is 0 Å². The summed E-state index contributed by atoms with van der Waals surface area (Å²) in [4.78, 5) is 22.4. The molecule has 0 unspecified atom stereocenters. The summed E-state index contributed by atoms with van der Waals surface area (Å²) < 4.78 is 12.5. The number of hydrogen-bond donors (Lipinski definition) is 0. The topological polar surface area (TPSA) is 100 Å². The minimum absolute atomic E-state index is 0.0275. The van der Waals surface area contributed by atoms with Gasteiger partial charge in [0.05, 0.1) is 17.2 Å². The molecule has 0 amide bonds. The lowest BCUT2D eigenvalue weighted by molar-refractivity contribution is -0.384. The van der Waals surface area contributed by atoms with Crippen molar-refractivity contribution in [1.29, 1.82) is 0 Å². The molecule has 3 rings (SSSR count). The summed E-state index contributed by atoms with van der Waals surface area (Å²) in [6.45, 7) is 4.34. The van der Waals surface area contributed by atoms with E-state index in [0.717, 1.165) is 18.4 Å². The summed E-state index contributed by atoms with van der Waals surface area (Å²) in [7, 11) is 0. The number of rotatable bonds is 7. The molecule has 0 aliphatic heterocycles.